The molecule has 0 saturated carbocycles. The Bertz CT molecular complexity index is 1460. The summed E-state index contributed by atoms with van der Waals surface area (Å²) in [5.74, 6) is 0.0801. The average molecular weight is 523 g/mol. The quantitative estimate of drug-likeness (QED) is 0.359. The zero-order valence-corrected chi connectivity index (χ0v) is 21.4. The molecule has 1 fully saturated rings. The predicted octanol–water partition coefficient (Wildman–Crippen LogP) is 4.33. The largest absolute Gasteiger partial charge is 0.497 e. The van der Waals surface area contributed by atoms with Crippen molar-refractivity contribution in [3.8, 4) is 5.75 Å². The molecular formula is C26H26N4O4S2. The minimum absolute atomic E-state index is 0.132. The molecule has 0 radical (unpaired) electrons. The van der Waals surface area contributed by atoms with Crippen LogP contribution in [0.15, 0.2) is 77.8 Å². The molecule has 0 N–H and O–H groups in total. The highest BCUT2D eigenvalue weighted by atomic mass is 32.2. The van der Waals surface area contributed by atoms with Crippen LogP contribution < -0.4 is 9.64 Å². The number of methoxy groups -OCH3 is 1. The number of amides is 1. The number of pyridine rings is 1. The lowest BCUT2D eigenvalue weighted by molar-refractivity contribution is -0.123. The molecule has 1 amide bonds. The smallest absolute Gasteiger partial charge is 0.243 e. The molecule has 1 aliphatic heterocycles. The second-order valence-electron chi connectivity index (χ2n) is 8.59. The van der Waals surface area contributed by atoms with Gasteiger partial charge in [0.25, 0.3) is 0 Å². The van der Waals surface area contributed by atoms with Crippen molar-refractivity contribution in [1.29, 1.82) is 0 Å². The van der Waals surface area contributed by atoms with Crippen LogP contribution in [0.5, 0.6) is 5.75 Å². The summed E-state index contributed by atoms with van der Waals surface area (Å²) in [4.78, 5) is 24.9. The third kappa shape index (κ3) is 4.97. The zero-order valence-electron chi connectivity index (χ0n) is 19.8. The van der Waals surface area contributed by atoms with Gasteiger partial charge in [-0.15, -0.1) is 0 Å². The van der Waals surface area contributed by atoms with Crippen LogP contribution in [-0.2, 0) is 21.4 Å². The number of nitrogens with zero attached hydrogens (tertiary/aromatic N) is 4. The van der Waals surface area contributed by atoms with Crippen molar-refractivity contribution in [2.24, 2.45) is 5.92 Å². The first-order valence-electron chi connectivity index (χ1n) is 11.7. The normalized spacial score (nSPS) is 16.6. The van der Waals surface area contributed by atoms with Gasteiger partial charge in [0.1, 0.15) is 5.75 Å². The van der Waals surface area contributed by atoms with E-state index in [1.165, 1.54) is 15.6 Å². The van der Waals surface area contributed by atoms with Gasteiger partial charge in [0.2, 0.25) is 15.9 Å². The van der Waals surface area contributed by atoms with E-state index in [0.717, 1.165) is 15.9 Å². The van der Waals surface area contributed by atoms with E-state index < -0.39 is 15.9 Å². The number of hydrogen-bond donors (Lipinski definition) is 0. The van der Waals surface area contributed by atoms with Gasteiger partial charge in [-0.1, -0.05) is 35.6 Å². The summed E-state index contributed by atoms with van der Waals surface area (Å²) in [6, 6.07) is 19.5. The number of ether oxygens (including phenoxy) is 1. The first-order chi connectivity index (χ1) is 17.5. The number of benzene rings is 2. The maximum atomic E-state index is 13.9. The van der Waals surface area contributed by atoms with Gasteiger partial charge in [0.15, 0.2) is 5.13 Å². The molecule has 3 heterocycles. The SMILES string of the molecule is COc1ccc2nc(N(Cc3ccccn3)C(=O)C3CCCN(S(=O)(=O)c4ccccc4)C3)sc2c1. The lowest BCUT2D eigenvalue weighted by Crippen LogP contribution is -2.46. The second kappa shape index (κ2) is 10.3. The summed E-state index contributed by atoms with van der Waals surface area (Å²) in [6.07, 6.45) is 2.91. The van der Waals surface area contributed by atoms with Crippen LogP contribution in [0.2, 0.25) is 0 Å². The topological polar surface area (TPSA) is 92.7 Å². The zero-order chi connectivity index (χ0) is 25.1. The van der Waals surface area contributed by atoms with Crippen LogP contribution in [-0.4, -0.2) is 48.8 Å². The van der Waals surface area contributed by atoms with Gasteiger partial charge < -0.3 is 4.74 Å². The van der Waals surface area contributed by atoms with Crippen molar-refractivity contribution in [3.05, 3.63) is 78.6 Å². The molecule has 0 bridgehead atoms. The molecule has 8 nitrogen and oxygen atoms in total. The second-order valence-corrected chi connectivity index (χ2v) is 11.5. The molecule has 2 aromatic carbocycles. The van der Waals surface area contributed by atoms with Crippen LogP contribution >= 0.6 is 11.3 Å². The summed E-state index contributed by atoms with van der Waals surface area (Å²) >= 11 is 1.40. The number of rotatable bonds is 7. The molecule has 1 saturated heterocycles. The molecule has 4 aromatic rings. The third-order valence-corrected chi connectivity index (χ3v) is 9.16. The van der Waals surface area contributed by atoms with Crippen LogP contribution in [0, 0.1) is 5.92 Å². The number of carbonyl (C=O) groups is 1. The van der Waals surface area contributed by atoms with Crippen LogP contribution in [0.25, 0.3) is 10.2 Å². The minimum atomic E-state index is -3.68. The van der Waals surface area contributed by atoms with E-state index in [-0.39, 0.29) is 23.9 Å². The summed E-state index contributed by atoms with van der Waals surface area (Å²) in [5.41, 5.74) is 1.50. The molecule has 10 heteroatoms. The molecule has 2 aromatic heterocycles. The summed E-state index contributed by atoms with van der Waals surface area (Å²) < 4.78 is 34.1. The molecule has 1 unspecified atom stereocenters. The van der Waals surface area contributed by atoms with Gasteiger partial charge in [-0.25, -0.2) is 13.4 Å². The van der Waals surface area contributed by atoms with Crippen molar-refractivity contribution in [1.82, 2.24) is 14.3 Å². The highest BCUT2D eigenvalue weighted by Gasteiger charge is 2.36. The summed E-state index contributed by atoms with van der Waals surface area (Å²) in [6.45, 7) is 0.772. The fourth-order valence-electron chi connectivity index (χ4n) is 4.35. The van der Waals surface area contributed by atoms with Gasteiger partial charge in [-0.05, 0) is 55.3 Å². The monoisotopic (exact) mass is 522 g/mol. The Morgan fingerprint density at radius 1 is 1.14 bits per heavy atom. The molecule has 186 valence electrons. The van der Waals surface area contributed by atoms with Gasteiger partial charge >= 0.3 is 0 Å². The van der Waals surface area contributed by atoms with Crippen molar-refractivity contribution in [3.63, 3.8) is 0 Å². The van der Waals surface area contributed by atoms with Gasteiger partial charge in [0, 0.05) is 19.3 Å². The van der Waals surface area contributed by atoms with E-state index in [9.17, 15) is 13.2 Å². The molecule has 36 heavy (non-hydrogen) atoms. The van der Waals surface area contributed by atoms with E-state index in [0.29, 0.717) is 30.3 Å². The van der Waals surface area contributed by atoms with Crippen molar-refractivity contribution in [2.75, 3.05) is 25.1 Å². The first-order valence-corrected chi connectivity index (χ1v) is 13.9. The Balaban J connectivity index is 1.45. The standard InChI is InChI=1S/C26H26N4O4S2/c1-34-21-12-13-23-24(16-21)35-26(28-23)30(18-20-9-5-6-14-27-20)25(31)19-8-7-15-29(17-19)36(32,33)22-10-3-2-4-11-22/h2-6,9-14,16,19H,7-8,15,17-18H2,1H3. The van der Waals surface area contributed by atoms with Crippen LogP contribution in [0.3, 0.4) is 0 Å². The average Bonchev–Trinajstić information content (AvgIpc) is 3.35. The molecular weight excluding hydrogens is 496 g/mol. The lowest BCUT2D eigenvalue weighted by atomic mass is 9.98. The van der Waals surface area contributed by atoms with E-state index in [1.807, 2.05) is 36.4 Å². The predicted molar refractivity (Wildman–Crippen MR) is 140 cm³/mol. The molecule has 1 atom stereocenters. The van der Waals surface area contributed by atoms with Gasteiger partial charge in [-0.2, -0.15) is 4.31 Å². The fraction of sp³-hybridized carbons (Fsp3) is 0.269. The highest BCUT2D eigenvalue weighted by Crippen LogP contribution is 2.34. The minimum Gasteiger partial charge on any atom is -0.497 e. The maximum absolute atomic E-state index is 13.9. The van der Waals surface area contributed by atoms with Gasteiger partial charge in [-0.3, -0.25) is 14.7 Å². The van der Waals surface area contributed by atoms with Crippen LogP contribution in [0.4, 0.5) is 5.13 Å². The van der Waals surface area contributed by atoms with E-state index >= 15 is 0 Å². The molecule has 1 aliphatic rings. The van der Waals surface area contributed by atoms with Gasteiger partial charge in [0.05, 0.1) is 40.4 Å². The van der Waals surface area contributed by atoms with Crippen molar-refractivity contribution in [2.45, 2.75) is 24.3 Å². The molecule has 0 aliphatic carbocycles. The number of carbonyl (C=O) groups excluding carboxylic acids is 1. The van der Waals surface area contributed by atoms with E-state index in [2.05, 4.69) is 4.98 Å². The molecule has 5 rings (SSSR count). The third-order valence-electron chi connectivity index (χ3n) is 6.24. The number of fused-ring (bicyclic) bond motifs is 1. The van der Waals surface area contributed by atoms with E-state index in [1.54, 1.807) is 48.5 Å². The number of thiazole rings is 1. The highest BCUT2D eigenvalue weighted by molar-refractivity contribution is 7.89. The Morgan fingerprint density at radius 3 is 2.69 bits per heavy atom. The lowest BCUT2D eigenvalue weighted by Gasteiger charge is -2.33. The van der Waals surface area contributed by atoms with Crippen molar-refractivity contribution < 1.29 is 17.9 Å². The fourth-order valence-corrected chi connectivity index (χ4v) is 6.90. The Kier molecular flexibility index (Phi) is 6.99. The summed E-state index contributed by atoms with van der Waals surface area (Å²) in [7, 11) is -2.07. The number of aromatic nitrogens is 2. The summed E-state index contributed by atoms with van der Waals surface area (Å²) in [5, 5.41) is 0.553. The molecule has 0 spiro atoms. The van der Waals surface area contributed by atoms with Crippen LogP contribution in [0.1, 0.15) is 18.5 Å². The Morgan fingerprint density at radius 2 is 1.94 bits per heavy atom. The number of hydrogen-bond acceptors (Lipinski definition) is 7. The Hall–Kier alpha value is -3.34. The number of sulfonamides is 1. The first kappa shape index (κ1) is 24.4. The van der Waals surface area contributed by atoms with E-state index in [4.69, 9.17) is 9.72 Å². The number of anilines is 1. The Labute approximate surface area is 214 Å². The maximum Gasteiger partial charge on any atom is 0.243 e. The van der Waals surface area contributed by atoms with Crippen molar-refractivity contribution >= 4 is 42.6 Å². The number of piperidine rings is 1.